The van der Waals surface area contributed by atoms with Crippen LogP contribution in [0.1, 0.15) is 56.1 Å². The van der Waals surface area contributed by atoms with E-state index in [-0.39, 0.29) is 18.2 Å². The van der Waals surface area contributed by atoms with Crippen LogP contribution in [0.5, 0.6) is 0 Å². The van der Waals surface area contributed by atoms with E-state index in [1.165, 1.54) is 11.6 Å². The van der Waals surface area contributed by atoms with Crippen molar-refractivity contribution in [3.63, 3.8) is 0 Å². The Bertz CT molecular complexity index is 1290. The van der Waals surface area contributed by atoms with Crippen LogP contribution in [0.15, 0.2) is 59.1 Å². The molecule has 0 saturated carbocycles. The van der Waals surface area contributed by atoms with Crippen molar-refractivity contribution in [3.8, 4) is 11.3 Å². The molecular formula is C30H38F3IN6O. The average molecular weight is 683 g/mol. The van der Waals surface area contributed by atoms with Crippen LogP contribution in [-0.4, -0.2) is 58.3 Å². The number of methoxy groups -OCH3 is 1. The van der Waals surface area contributed by atoms with Crippen LogP contribution in [0.4, 0.5) is 13.2 Å². The first-order valence-corrected chi connectivity index (χ1v) is 14.9. The zero-order valence-electron chi connectivity index (χ0n) is 23.6. The Morgan fingerprint density at radius 1 is 1.34 bits per heavy atom. The topological polar surface area (TPSA) is 91.6 Å². The van der Waals surface area contributed by atoms with E-state index in [0.29, 0.717) is 35.1 Å². The number of rotatable bonds is 10. The minimum absolute atomic E-state index is 0.0924. The summed E-state index contributed by atoms with van der Waals surface area (Å²) in [4.78, 5) is 12.8. The molecule has 41 heavy (non-hydrogen) atoms. The van der Waals surface area contributed by atoms with Gasteiger partial charge in [-0.15, -0.1) is 0 Å². The molecule has 0 bridgehead atoms. The number of hydrogen-bond acceptors (Lipinski definition) is 6. The molecule has 1 aliphatic carbocycles. The molecule has 1 fully saturated rings. The van der Waals surface area contributed by atoms with E-state index in [0.717, 1.165) is 50.3 Å². The minimum atomic E-state index is -4.45. The van der Waals surface area contributed by atoms with E-state index in [9.17, 15) is 13.2 Å². The maximum absolute atomic E-state index is 13.5. The highest BCUT2D eigenvalue weighted by Gasteiger charge is 2.31. The van der Waals surface area contributed by atoms with Crippen LogP contribution < -0.4 is 11.1 Å². The fourth-order valence-electron chi connectivity index (χ4n) is 5.11. The maximum Gasteiger partial charge on any atom is 0.416 e. The van der Waals surface area contributed by atoms with Gasteiger partial charge >= 0.3 is 6.18 Å². The van der Waals surface area contributed by atoms with Gasteiger partial charge in [0.15, 0.2) is 0 Å². The van der Waals surface area contributed by atoms with Gasteiger partial charge in [0, 0.05) is 73.2 Å². The van der Waals surface area contributed by atoms with Crippen molar-refractivity contribution in [2.75, 3.05) is 26.7 Å². The smallest absolute Gasteiger partial charge is 0.397 e. The molecule has 4 rings (SSSR count). The number of halogens is 4. The summed E-state index contributed by atoms with van der Waals surface area (Å²) < 4.78 is 48.1. The molecule has 2 heterocycles. The molecule has 222 valence electrons. The number of hydrogen-bond donors (Lipinski definition) is 3. The fraction of sp³-hybridized carbons (Fsp3) is 0.467. The lowest BCUT2D eigenvalue weighted by atomic mass is 9.95. The van der Waals surface area contributed by atoms with E-state index in [1.54, 1.807) is 25.5 Å². The van der Waals surface area contributed by atoms with E-state index in [1.807, 2.05) is 6.92 Å². The molecule has 0 spiro atoms. The monoisotopic (exact) mass is 682 g/mol. The van der Waals surface area contributed by atoms with Gasteiger partial charge in [-0.1, -0.05) is 44.2 Å². The van der Waals surface area contributed by atoms with Gasteiger partial charge in [-0.05, 0) is 43.0 Å². The summed E-state index contributed by atoms with van der Waals surface area (Å²) in [5.41, 5.74) is 8.59. The first-order chi connectivity index (χ1) is 19.6. The largest absolute Gasteiger partial charge is 0.416 e. The van der Waals surface area contributed by atoms with Gasteiger partial charge < -0.3 is 15.5 Å². The number of allylic oxidation sites excluding steroid dienone is 1. The zero-order valence-corrected chi connectivity index (χ0v) is 25.7. The van der Waals surface area contributed by atoms with Crippen molar-refractivity contribution in [3.05, 3.63) is 71.2 Å². The molecule has 1 aliphatic heterocycles. The van der Waals surface area contributed by atoms with E-state index in [4.69, 9.17) is 15.5 Å². The van der Waals surface area contributed by atoms with Gasteiger partial charge in [-0.3, -0.25) is 10.3 Å². The molecule has 0 amide bonds. The lowest BCUT2D eigenvalue weighted by Gasteiger charge is -2.25. The predicted molar refractivity (Wildman–Crippen MR) is 167 cm³/mol. The number of nitrogens with two attached hydrogens (primary N) is 1. The number of imidazole rings is 1. The highest BCUT2D eigenvalue weighted by atomic mass is 127. The second kappa shape index (κ2) is 14.1. The molecule has 0 radical (unpaired) electrons. The number of nitrogens with one attached hydrogen (secondary N) is 2. The van der Waals surface area contributed by atoms with Crippen molar-refractivity contribution in [1.82, 2.24) is 18.4 Å². The molecule has 3 atom stereocenters. The summed E-state index contributed by atoms with van der Waals surface area (Å²) in [6.07, 6.45) is 7.77. The second-order valence-electron chi connectivity index (χ2n) is 10.5. The number of aromatic amines is 1. The van der Waals surface area contributed by atoms with Crippen LogP contribution in [0.2, 0.25) is 0 Å². The van der Waals surface area contributed by atoms with Gasteiger partial charge in [0.1, 0.15) is 5.82 Å². The summed E-state index contributed by atoms with van der Waals surface area (Å²) in [5, 5.41) is 3.45. The normalized spacial score (nSPS) is 21.9. The summed E-state index contributed by atoms with van der Waals surface area (Å²) in [6.45, 7) is 6.68. The first kappa shape index (κ1) is 31.5. The molecule has 3 unspecified atom stereocenters. The first-order valence-electron chi connectivity index (χ1n) is 13.9. The standard InChI is InChI=1S/C30H38F3IN6O/c1-4-26(37-18-20-8-9-25(41-3)19(2)16-20)36-13-10-24(35)28-27(22-6-5-7-23(17-22)30(31,32)33)38-29(39-28)21-11-14-40(34)15-12-21/h5-10,13,16-17,19,21,25-26,37H,4,11-12,14-15,18,35H2,1-3H3,(H,38,39)/b24-10-,36-13?. The lowest BCUT2D eigenvalue weighted by Crippen LogP contribution is -2.30. The highest BCUT2D eigenvalue weighted by molar-refractivity contribution is 14.1. The average Bonchev–Trinajstić information content (AvgIpc) is 3.40. The summed E-state index contributed by atoms with van der Waals surface area (Å²) >= 11 is 2.31. The van der Waals surface area contributed by atoms with Crippen molar-refractivity contribution >= 4 is 34.8 Å². The summed E-state index contributed by atoms with van der Waals surface area (Å²) in [5.74, 6) is 1.23. The summed E-state index contributed by atoms with van der Waals surface area (Å²) in [7, 11) is 1.71. The Morgan fingerprint density at radius 2 is 2.10 bits per heavy atom. The maximum atomic E-state index is 13.5. The third kappa shape index (κ3) is 8.30. The molecule has 7 nitrogen and oxygen atoms in total. The third-order valence-corrected chi connectivity index (χ3v) is 8.48. The van der Waals surface area contributed by atoms with Gasteiger partial charge in [0.05, 0.1) is 34.9 Å². The number of aliphatic imine (C=N–C) groups is 1. The Morgan fingerprint density at radius 3 is 2.76 bits per heavy atom. The number of ether oxygens (including phenoxy) is 1. The molecule has 4 N–H and O–H groups in total. The second-order valence-corrected chi connectivity index (χ2v) is 11.9. The molecule has 1 saturated heterocycles. The van der Waals surface area contributed by atoms with Crippen LogP contribution in [-0.2, 0) is 10.9 Å². The van der Waals surface area contributed by atoms with Crippen LogP contribution in [0.3, 0.4) is 0 Å². The SMILES string of the molecule is CCC(N=C/C=C(\N)c1[nH]c(C2CCN(I)CC2)nc1-c1cccc(C(F)(F)F)c1)NCC1=CC(C)C(OC)C=C1. The van der Waals surface area contributed by atoms with Crippen molar-refractivity contribution in [2.45, 2.75) is 57.5 Å². The van der Waals surface area contributed by atoms with E-state index in [2.05, 4.69) is 66.4 Å². The van der Waals surface area contributed by atoms with Crippen LogP contribution in [0.25, 0.3) is 17.0 Å². The number of alkyl halides is 3. The van der Waals surface area contributed by atoms with Crippen molar-refractivity contribution in [2.24, 2.45) is 16.6 Å². The number of H-pyrrole nitrogens is 1. The Labute approximate surface area is 253 Å². The Balaban J connectivity index is 1.54. The molecule has 2 aliphatic rings. The molecule has 1 aromatic heterocycles. The Hall–Kier alpha value is -2.48. The number of nitrogens with zero attached hydrogens (tertiary/aromatic N) is 3. The van der Waals surface area contributed by atoms with Crippen molar-refractivity contribution in [1.29, 1.82) is 0 Å². The molecular weight excluding hydrogens is 644 g/mol. The third-order valence-electron chi connectivity index (χ3n) is 7.52. The molecule has 2 aromatic rings. The van der Waals surface area contributed by atoms with Gasteiger partial charge in [0.25, 0.3) is 0 Å². The van der Waals surface area contributed by atoms with Gasteiger partial charge in [0.2, 0.25) is 0 Å². The quantitative estimate of drug-likeness (QED) is 0.152. The molecule has 1 aromatic carbocycles. The lowest BCUT2D eigenvalue weighted by molar-refractivity contribution is -0.137. The van der Waals surface area contributed by atoms with E-state index < -0.39 is 11.7 Å². The number of piperidine rings is 1. The fourth-order valence-corrected chi connectivity index (χ4v) is 5.67. The van der Waals surface area contributed by atoms with Gasteiger partial charge in [-0.25, -0.2) is 8.10 Å². The minimum Gasteiger partial charge on any atom is -0.397 e. The molecule has 11 heteroatoms. The Kier molecular flexibility index (Phi) is 10.8. The van der Waals surface area contributed by atoms with Gasteiger partial charge in [-0.2, -0.15) is 13.2 Å². The predicted octanol–water partition coefficient (Wildman–Crippen LogP) is 6.47. The zero-order chi connectivity index (χ0) is 29.6. The van der Waals surface area contributed by atoms with Crippen molar-refractivity contribution < 1.29 is 17.9 Å². The van der Waals surface area contributed by atoms with E-state index >= 15 is 0 Å². The van der Waals surface area contributed by atoms with Crippen LogP contribution in [0, 0.1) is 5.92 Å². The highest BCUT2D eigenvalue weighted by Crippen LogP contribution is 2.35. The number of aromatic nitrogens is 2. The summed E-state index contributed by atoms with van der Waals surface area (Å²) in [6, 6.07) is 5.22. The number of benzene rings is 1. The van der Waals surface area contributed by atoms with Crippen LogP contribution >= 0.6 is 22.9 Å².